The van der Waals surface area contributed by atoms with Gasteiger partial charge >= 0.3 is 0 Å². The van der Waals surface area contributed by atoms with Crippen molar-refractivity contribution in [2.45, 2.75) is 0 Å². The van der Waals surface area contributed by atoms with Crippen LogP contribution in [0.1, 0.15) is 5.56 Å². The minimum absolute atomic E-state index is 0.00157. The van der Waals surface area contributed by atoms with Gasteiger partial charge in [-0.3, -0.25) is 10.2 Å². The van der Waals surface area contributed by atoms with Gasteiger partial charge in [0.05, 0.1) is 0 Å². The molecule has 0 fully saturated rings. The first-order chi connectivity index (χ1) is 8.60. The number of carbonyl (C=O) groups is 1. The van der Waals surface area contributed by atoms with E-state index in [1.54, 1.807) is 24.3 Å². The normalized spacial score (nSPS) is 10.3. The maximum absolute atomic E-state index is 11.1. The Morgan fingerprint density at radius 2 is 1.94 bits per heavy atom. The zero-order valence-corrected chi connectivity index (χ0v) is 9.60. The fraction of sp³-hybridized carbons (Fsp3) is 0.0769. The van der Waals surface area contributed by atoms with E-state index in [9.17, 15) is 4.79 Å². The Bertz CT molecular complexity index is 623. The number of amides is 1. The first-order valence-corrected chi connectivity index (χ1v) is 5.39. The number of nitrogens with two attached hydrogens (primary N) is 1. The molecule has 2 rings (SSSR count). The summed E-state index contributed by atoms with van der Waals surface area (Å²) < 4.78 is 0. The van der Waals surface area contributed by atoms with Crippen LogP contribution in [0.5, 0.6) is 0 Å². The Hall–Kier alpha value is -2.40. The molecule has 18 heavy (non-hydrogen) atoms. The maximum Gasteiger partial charge on any atom is 0.250 e. The fourth-order valence-corrected chi connectivity index (χ4v) is 1.69. The Morgan fingerprint density at radius 1 is 1.22 bits per heavy atom. The molecule has 92 valence electrons. The molecule has 0 spiro atoms. The van der Waals surface area contributed by atoms with E-state index in [0.717, 1.165) is 10.8 Å². The third kappa shape index (κ3) is 2.46. The highest BCUT2D eigenvalue weighted by atomic mass is 16.3. The van der Waals surface area contributed by atoms with Crippen molar-refractivity contribution in [3.63, 3.8) is 0 Å². The van der Waals surface area contributed by atoms with Crippen molar-refractivity contribution in [1.82, 2.24) is 0 Å². The molecule has 0 atom stereocenters. The van der Waals surface area contributed by atoms with Gasteiger partial charge in [0.15, 0.2) is 0 Å². The van der Waals surface area contributed by atoms with Crippen LogP contribution in [0, 0.1) is 5.41 Å². The summed E-state index contributed by atoms with van der Waals surface area (Å²) in [4.78, 5) is 11.1. The van der Waals surface area contributed by atoms with Crippen LogP contribution in [0.15, 0.2) is 36.4 Å². The minimum atomic E-state index is -0.550. The standard InChI is InChI=1S/C13H13N3O2/c14-13(15)9-2-1-8-3-4-11(6-10(8)5-9)16-12(18)7-17/h1-6,17H,7H2,(H3,14,15)(H,16,18). The molecule has 0 aliphatic rings. The summed E-state index contributed by atoms with van der Waals surface area (Å²) in [6.45, 7) is -0.550. The summed E-state index contributed by atoms with van der Waals surface area (Å²) in [5.41, 5.74) is 6.66. The number of aliphatic hydroxyl groups excluding tert-OH is 1. The Kier molecular flexibility index (Phi) is 3.25. The van der Waals surface area contributed by atoms with Crippen molar-refractivity contribution in [2.24, 2.45) is 5.73 Å². The number of hydrogen-bond donors (Lipinski definition) is 4. The van der Waals surface area contributed by atoms with Crippen molar-refractivity contribution in [3.05, 3.63) is 42.0 Å². The third-order valence-corrected chi connectivity index (χ3v) is 2.58. The molecule has 0 heterocycles. The van der Waals surface area contributed by atoms with E-state index in [-0.39, 0.29) is 5.84 Å². The lowest BCUT2D eigenvalue weighted by Crippen LogP contribution is -2.15. The van der Waals surface area contributed by atoms with Gasteiger partial charge < -0.3 is 16.2 Å². The molecule has 0 aliphatic carbocycles. The largest absolute Gasteiger partial charge is 0.387 e. The van der Waals surface area contributed by atoms with E-state index in [4.69, 9.17) is 16.2 Å². The summed E-state index contributed by atoms with van der Waals surface area (Å²) in [5.74, 6) is -0.459. The maximum atomic E-state index is 11.1. The molecule has 2 aromatic rings. The Labute approximate surface area is 104 Å². The SMILES string of the molecule is N=C(N)c1ccc2ccc(NC(=O)CO)cc2c1. The number of anilines is 1. The molecular weight excluding hydrogens is 230 g/mol. The number of carbonyl (C=O) groups excluding carboxylic acids is 1. The van der Waals surface area contributed by atoms with Crippen molar-refractivity contribution in [2.75, 3.05) is 11.9 Å². The van der Waals surface area contributed by atoms with Gasteiger partial charge in [0, 0.05) is 11.3 Å². The molecule has 0 aromatic heterocycles. The zero-order valence-electron chi connectivity index (χ0n) is 9.60. The lowest BCUT2D eigenvalue weighted by atomic mass is 10.1. The topological polar surface area (TPSA) is 99.2 Å². The van der Waals surface area contributed by atoms with Crippen LogP contribution in [0.25, 0.3) is 10.8 Å². The van der Waals surface area contributed by atoms with E-state index in [1.807, 2.05) is 12.1 Å². The summed E-state index contributed by atoms with van der Waals surface area (Å²) in [6, 6.07) is 10.8. The van der Waals surface area contributed by atoms with Gasteiger partial charge in [-0.25, -0.2) is 0 Å². The Balaban J connectivity index is 2.42. The molecule has 5 nitrogen and oxygen atoms in total. The van der Waals surface area contributed by atoms with E-state index in [2.05, 4.69) is 5.32 Å². The van der Waals surface area contributed by atoms with Gasteiger partial charge in [0.1, 0.15) is 12.4 Å². The lowest BCUT2D eigenvalue weighted by Gasteiger charge is -2.06. The first kappa shape index (κ1) is 12.1. The molecule has 5 N–H and O–H groups in total. The molecule has 0 radical (unpaired) electrons. The second-order valence-electron chi connectivity index (χ2n) is 3.90. The van der Waals surface area contributed by atoms with E-state index in [0.29, 0.717) is 11.3 Å². The highest BCUT2D eigenvalue weighted by molar-refractivity contribution is 6.00. The highest BCUT2D eigenvalue weighted by Crippen LogP contribution is 2.20. The highest BCUT2D eigenvalue weighted by Gasteiger charge is 2.03. The van der Waals surface area contributed by atoms with Gasteiger partial charge in [-0.1, -0.05) is 18.2 Å². The van der Waals surface area contributed by atoms with E-state index < -0.39 is 12.5 Å². The van der Waals surface area contributed by atoms with E-state index in [1.165, 1.54) is 0 Å². The molecule has 0 saturated heterocycles. The summed E-state index contributed by atoms with van der Waals surface area (Å²) in [6.07, 6.45) is 0. The number of aliphatic hydroxyl groups is 1. The predicted octanol–water partition coefficient (Wildman–Crippen LogP) is 1.05. The molecule has 0 saturated carbocycles. The number of nitrogen functional groups attached to an aromatic ring is 1. The number of hydrogen-bond acceptors (Lipinski definition) is 3. The third-order valence-electron chi connectivity index (χ3n) is 2.58. The van der Waals surface area contributed by atoms with Crippen molar-refractivity contribution in [3.8, 4) is 0 Å². The van der Waals surface area contributed by atoms with Crippen molar-refractivity contribution >= 4 is 28.2 Å². The predicted molar refractivity (Wildman–Crippen MR) is 70.7 cm³/mol. The van der Waals surface area contributed by atoms with Crippen LogP contribution in [-0.4, -0.2) is 23.5 Å². The van der Waals surface area contributed by atoms with Crippen LogP contribution in [-0.2, 0) is 4.79 Å². The van der Waals surface area contributed by atoms with Crippen molar-refractivity contribution < 1.29 is 9.90 Å². The second-order valence-corrected chi connectivity index (χ2v) is 3.90. The van der Waals surface area contributed by atoms with Crippen LogP contribution < -0.4 is 11.1 Å². The number of fused-ring (bicyclic) bond motifs is 1. The van der Waals surface area contributed by atoms with Gasteiger partial charge in [-0.15, -0.1) is 0 Å². The summed E-state index contributed by atoms with van der Waals surface area (Å²) in [7, 11) is 0. The van der Waals surface area contributed by atoms with Crippen LogP contribution >= 0.6 is 0 Å². The molecule has 0 aliphatic heterocycles. The van der Waals surface area contributed by atoms with Crippen molar-refractivity contribution in [1.29, 1.82) is 5.41 Å². The average molecular weight is 243 g/mol. The molecule has 0 unspecified atom stereocenters. The average Bonchev–Trinajstić information content (AvgIpc) is 2.37. The summed E-state index contributed by atoms with van der Waals surface area (Å²) in [5, 5.41) is 20.5. The molecular formula is C13H13N3O2. The molecule has 5 heteroatoms. The monoisotopic (exact) mass is 243 g/mol. The smallest absolute Gasteiger partial charge is 0.250 e. The fourth-order valence-electron chi connectivity index (χ4n) is 1.69. The second kappa shape index (κ2) is 4.85. The molecule has 2 aromatic carbocycles. The summed E-state index contributed by atoms with van der Waals surface area (Å²) >= 11 is 0. The number of benzene rings is 2. The van der Waals surface area contributed by atoms with Crippen LogP contribution in [0.3, 0.4) is 0 Å². The zero-order chi connectivity index (χ0) is 13.1. The minimum Gasteiger partial charge on any atom is -0.387 e. The first-order valence-electron chi connectivity index (χ1n) is 5.39. The van der Waals surface area contributed by atoms with E-state index >= 15 is 0 Å². The molecule has 1 amide bonds. The van der Waals surface area contributed by atoms with Crippen LogP contribution in [0.2, 0.25) is 0 Å². The lowest BCUT2D eigenvalue weighted by molar-refractivity contribution is -0.118. The van der Waals surface area contributed by atoms with Gasteiger partial charge in [0.25, 0.3) is 0 Å². The van der Waals surface area contributed by atoms with Crippen LogP contribution in [0.4, 0.5) is 5.69 Å². The number of nitrogens with one attached hydrogen (secondary N) is 2. The van der Waals surface area contributed by atoms with Gasteiger partial charge in [-0.2, -0.15) is 0 Å². The number of rotatable bonds is 3. The quantitative estimate of drug-likeness (QED) is 0.479. The number of amidine groups is 1. The molecule has 0 bridgehead atoms. The Morgan fingerprint density at radius 3 is 2.61 bits per heavy atom. The van der Waals surface area contributed by atoms with Gasteiger partial charge in [-0.05, 0) is 29.0 Å². The van der Waals surface area contributed by atoms with Gasteiger partial charge in [0.2, 0.25) is 5.91 Å².